The lowest BCUT2D eigenvalue weighted by Gasteiger charge is -2.23. The fourth-order valence-electron chi connectivity index (χ4n) is 2.05. The van der Waals surface area contributed by atoms with Gasteiger partial charge in [-0.05, 0) is 43.7 Å². The first kappa shape index (κ1) is 13.4. The summed E-state index contributed by atoms with van der Waals surface area (Å²) < 4.78 is 14.7. The third-order valence-electron chi connectivity index (χ3n) is 3.05. The molecule has 0 fully saturated rings. The third kappa shape index (κ3) is 3.71. The second kappa shape index (κ2) is 6.22. The van der Waals surface area contributed by atoms with Crippen LogP contribution in [0.2, 0.25) is 0 Å². The van der Waals surface area contributed by atoms with Crippen LogP contribution >= 0.6 is 0 Å². The van der Waals surface area contributed by atoms with Crippen LogP contribution in [0.4, 0.5) is 15.9 Å². The fraction of sp³-hybridized carbons (Fsp3) is 0.357. The average Bonchev–Trinajstić information content (AvgIpc) is 2.82. The van der Waals surface area contributed by atoms with Gasteiger partial charge in [0.15, 0.2) is 0 Å². The van der Waals surface area contributed by atoms with E-state index < -0.39 is 0 Å². The first-order valence-electron chi connectivity index (χ1n) is 6.48. The number of hydrogen-bond acceptors (Lipinski definition) is 3. The standard InChI is InChI=1S/C14H19FN4/c1-2-18(13-6-4-12(15)5-7-13)9-3-10-19-11-8-14(16)17-19/h4-8,11H,2-3,9-10H2,1H3,(H2,16,17). The molecule has 0 spiro atoms. The maximum Gasteiger partial charge on any atom is 0.145 e. The lowest BCUT2D eigenvalue weighted by Crippen LogP contribution is -2.24. The molecule has 0 aliphatic carbocycles. The molecule has 0 amide bonds. The Kier molecular flexibility index (Phi) is 4.39. The number of aromatic nitrogens is 2. The van der Waals surface area contributed by atoms with Crippen molar-refractivity contribution >= 4 is 11.5 Å². The van der Waals surface area contributed by atoms with Gasteiger partial charge in [-0.3, -0.25) is 4.68 Å². The molecule has 0 saturated heterocycles. The molecule has 1 aromatic heterocycles. The van der Waals surface area contributed by atoms with E-state index in [1.807, 2.05) is 23.0 Å². The zero-order valence-corrected chi connectivity index (χ0v) is 11.1. The van der Waals surface area contributed by atoms with Crippen LogP contribution in [0.25, 0.3) is 0 Å². The van der Waals surface area contributed by atoms with Crippen LogP contribution in [0.5, 0.6) is 0 Å². The molecule has 1 heterocycles. The summed E-state index contributed by atoms with van der Waals surface area (Å²) in [5.41, 5.74) is 6.61. The number of benzene rings is 1. The summed E-state index contributed by atoms with van der Waals surface area (Å²) in [7, 11) is 0. The van der Waals surface area contributed by atoms with Crippen molar-refractivity contribution in [2.45, 2.75) is 19.9 Å². The number of nitrogens with two attached hydrogens (primary N) is 1. The molecule has 0 bridgehead atoms. The van der Waals surface area contributed by atoms with E-state index in [0.717, 1.165) is 31.7 Å². The molecule has 4 nitrogen and oxygen atoms in total. The van der Waals surface area contributed by atoms with Crippen molar-refractivity contribution in [3.8, 4) is 0 Å². The molecule has 1 aromatic carbocycles. The van der Waals surface area contributed by atoms with Crippen LogP contribution in [0.1, 0.15) is 13.3 Å². The smallest absolute Gasteiger partial charge is 0.145 e. The molecule has 0 aliphatic heterocycles. The molecule has 0 saturated carbocycles. The summed E-state index contributed by atoms with van der Waals surface area (Å²) in [6.07, 6.45) is 2.84. The van der Waals surface area contributed by atoms with Crippen LogP contribution in [0.15, 0.2) is 36.5 Å². The van der Waals surface area contributed by atoms with Crippen molar-refractivity contribution < 1.29 is 4.39 Å². The van der Waals surface area contributed by atoms with E-state index in [0.29, 0.717) is 5.82 Å². The predicted octanol–water partition coefficient (Wildman–Crippen LogP) is 2.52. The van der Waals surface area contributed by atoms with E-state index in [2.05, 4.69) is 16.9 Å². The Bertz CT molecular complexity index is 506. The first-order valence-corrected chi connectivity index (χ1v) is 6.48. The number of hydrogen-bond donors (Lipinski definition) is 1. The molecule has 0 aliphatic rings. The first-order chi connectivity index (χ1) is 9.19. The summed E-state index contributed by atoms with van der Waals surface area (Å²) in [6, 6.07) is 8.39. The maximum atomic E-state index is 12.9. The number of anilines is 2. The second-order valence-electron chi connectivity index (χ2n) is 4.41. The topological polar surface area (TPSA) is 47.1 Å². The Morgan fingerprint density at radius 1 is 1.26 bits per heavy atom. The highest BCUT2D eigenvalue weighted by Crippen LogP contribution is 2.15. The zero-order valence-electron chi connectivity index (χ0n) is 11.1. The minimum atomic E-state index is -0.202. The summed E-state index contributed by atoms with van der Waals surface area (Å²) in [6.45, 7) is 4.72. The van der Waals surface area contributed by atoms with Gasteiger partial charge in [0.1, 0.15) is 11.6 Å². The van der Waals surface area contributed by atoms with Gasteiger partial charge >= 0.3 is 0 Å². The molecule has 102 valence electrons. The minimum Gasteiger partial charge on any atom is -0.382 e. The maximum absolute atomic E-state index is 12.9. The van der Waals surface area contributed by atoms with Crippen LogP contribution in [0, 0.1) is 5.82 Å². The Labute approximate surface area is 112 Å². The van der Waals surface area contributed by atoms with E-state index in [9.17, 15) is 4.39 Å². The van der Waals surface area contributed by atoms with Crippen molar-refractivity contribution in [3.63, 3.8) is 0 Å². The largest absolute Gasteiger partial charge is 0.382 e. The van der Waals surface area contributed by atoms with Crippen LogP contribution < -0.4 is 10.6 Å². The summed E-state index contributed by atoms with van der Waals surface area (Å²) in [5.74, 6) is 0.345. The van der Waals surface area contributed by atoms with Gasteiger partial charge in [0.05, 0.1) is 0 Å². The van der Waals surface area contributed by atoms with Crippen LogP contribution in [0.3, 0.4) is 0 Å². The van der Waals surface area contributed by atoms with Gasteiger partial charge in [-0.25, -0.2) is 4.39 Å². The van der Waals surface area contributed by atoms with Crippen molar-refractivity contribution in [1.29, 1.82) is 0 Å². The van der Waals surface area contributed by atoms with Gasteiger partial charge in [0.2, 0.25) is 0 Å². The van der Waals surface area contributed by atoms with Gasteiger partial charge in [-0.15, -0.1) is 0 Å². The normalized spacial score (nSPS) is 10.6. The lowest BCUT2D eigenvalue weighted by molar-refractivity contribution is 0.573. The van der Waals surface area contributed by atoms with Crippen LogP contribution in [-0.4, -0.2) is 22.9 Å². The molecule has 5 heteroatoms. The van der Waals surface area contributed by atoms with E-state index in [4.69, 9.17) is 5.73 Å². The Balaban J connectivity index is 1.87. The highest BCUT2D eigenvalue weighted by molar-refractivity contribution is 5.45. The molecule has 0 unspecified atom stereocenters. The Morgan fingerprint density at radius 2 is 2.00 bits per heavy atom. The SMILES string of the molecule is CCN(CCCn1ccc(N)n1)c1ccc(F)cc1. The number of rotatable bonds is 6. The lowest BCUT2D eigenvalue weighted by atomic mass is 10.2. The molecular formula is C14H19FN4. The highest BCUT2D eigenvalue weighted by atomic mass is 19.1. The van der Waals surface area contributed by atoms with Crippen molar-refractivity contribution in [2.75, 3.05) is 23.7 Å². The molecular weight excluding hydrogens is 243 g/mol. The summed E-state index contributed by atoms with van der Waals surface area (Å²) in [5, 5.41) is 4.14. The molecule has 0 atom stereocenters. The minimum absolute atomic E-state index is 0.202. The van der Waals surface area contributed by atoms with Gasteiger partial charge < -0.3 is 10.6 Å². The number of halogens is 1. The molecule has 19 heavy (non-hydrogen) atoms. The summed E-state index contributed by atoms with van der Waals surface area (Å²) >= 11 is 0. The fourth-order valence-corrected chi connectivity index (χ4v) is 2.05. The highest BCUT2D eigenvalue weighted by Gasteiger charge is 2.04. The zero-order chi connectivity index (χ0) is 13.7. The molecule has 2 aromatic rings. The van der Waals surface area contributed by atoms with E-state index >= 15 is 0 Å². The molecule has 2 rings (SSSR count). The second-order valence-corrected chi connectivity index (χ2v) is 4.41. The van der Waals surface area contributed by atoms with Crippen molar-refractivity contribution in [3.05, 3.63) is 42.3 Å². The molecule has 2 N–H and O–H groups in total. The average molecular weight is 262 g/mol. The van der Waals surface area contributed by atoms with Gasteiger partial charge in [-0.2, -0.15) is 5.10 Å². The number of nitrogen functional groups attached to an aromatic ring is 1. The van der Waals surface area contributed by atoms with Crippen molar-refractivity contribution in [1.82, 2.24) is 9.78 Å². The summed E-state index contributed by atoms with van der Waals surface area (Å²) in [4.78, 5) is 2.21. The number of aryl methyl sites for hydroxylation is 1. The van der Waals surface area contributed by atoms with Gasteiger partial charge in [0.25, 0.3) is 0 Å². The van der Waals surface area contributed by atoms with Gasteiger partial charge in [0, 0.05) is 31.5 Å². The van der Waals surface area contributed by atoms with E-state index in [1.165, 1.54) is 12.1 Å². The van der Waals surface area contributed by atoms with Gasteiger partial charge in [-0.1, -0.05) is 0 Å². The molecule has 0 radical (unpaired) electrons. The Hall–Kier alpha value is -2.04. The quantitative estimate of drug-likeness (QED) is 0.870. The van der Waals surface area contributed by atoms with Crippen molar-refractivity contribution in [2.24, 2.45) is 0 Å². The van der Waals surface area contributed by atoms with E-state index in [1.54, 1.807) is 6.07 Å². The van der Waals surface area contributed by atoms with E-state index in [-0.39, 0.29) is 5.82 Å². The number of nitrogens with zero attached hydrogens (tertiary/aromatic N) is 3. The van der Waals surface area contributed by atoms with Crippen LogP contribution in [-0.2, 0) is 6.54 Å². The third-order valence-corrected chi connectivity index (χ3v) is 3.05. The predicted molar refractivity (Wildman–Crippen MR) is 75.5 cm³/mol. The Morgan fingerprint density at radius 3 is 2.58 bits per heavy atom. The monoisotopic (exact) mass is 262 g/mol.